The molecule has 1 aliphatic rings. The Bertz CT molecular complexity index is 946. The number of rotatable bonds is 6. The minimum atomic E-state index is -0.300. The zero-order chi connectivity index (χ0) is 19.6. The van der Waals surface area contributed by atoms with E-state index >= 15 is 0 Å². The highest BCUT2D eigenvalue weighted by Gasteiger charge is 2.41. The molecular weight excluding hydrogens is 354 g/mol. The fourth-order valence-electron chi connectivity index (χ4n) is 3.91. The average molecular weight is 379 g/mol. The van der Waals surface area contributed by atoms with E-state index in [0.717, 1.165) is 42.9 Å². The molecule has 0 radical (unpaired) electrons. The number of ether oxygens (including phenoxy) is 2. The molecule has 4 rings (SSSR count). The van der Waals surface area contributed by atoms with E-state index in [9.17, 15) is 0 Å². The van der Waals surface area contributed by atoms with Crippen molar-refractivity contribution in [3.63, 3.8) is 0 Å². The Balaban J connectivity index is 1.74. The van der Waals surface area contributed by atoms with Gasteiger partial charge in [-0.3, -0.25) is 0 Å². The third-order valence-corrected chi connectivity index (χ3v) is 5.40. The smallest absolute Gasteiger partial charge is 0.181 e. The summed E-state index contributed by atoms with van der Waals surface area (Å²) in [5.74, 6) is 2.14. The van der Waals surface area contributed by atoms with Crippen LogP contribution in [0, 0.1) is 6.92 Å². The van der Waals surface area contributed by atoms with Gasteiger partial charge in [-0.2, -0.15) is 4.68 Å². The molecule has 0 spiro atoms. The van der Waals surface area contributed by atoms with Crippen molar-refractivity contribution in [2.24, 2.45) is 0 Å². The van der Waals surface area contributed by atoms with Gasteiger partial charge in [0.25, 0.3) is 0 Å². The molecule has 1 N–H and O–H groups in total. The molecule has 0 unspecified atom stereocenters. The molecule has 0 aliphatic heterocycles. The number of aromatic nitrogens is 4. The number of hydrogen-bond acceptors (Lipinski definition) is 6. The summed E-state index contributed by atoms with van der Waals surface area (Å²) in [5.41, 5.74) is 2.86. The number of anilines is 1. The summed E-state index contributed by atoms with van der Waals surface area (Å²) in [6.45, 7) is 2.09. The van der Waals surface area contributed by atoms with Gasteiger partial charge in [0.05, 0.1) is 25.4 Å². The van der Waals surface area contributed by atoms with Crippen LogP contribution in [0.4, 0.5) is 5.69 Å². The predicted molar refractivity (Wildman–Crippen MR) is 107 cm³/mol. The minimum absolute atomic E-state index is 0.300. The zero-order valence-corrected chi connectivity index (χ0v) is 16.5. The molecule has 0 saturated heterocycles. The lowest BCUT2D eigenvalue weighted by atomic mass is 9.95. The van der Waals surface area contributed by atoms with Crippen LogP contribution in [0.3, 0.4) is 0 Å². The minimum Gasteiger partial charge on any atom is -0.493 e. The molecular formula is C21H25N5O2. The van der Waals surface area contributed by atoms with Crippen molar-refractivity contribution in [1.82, 2.24) is 20.2 Å². The van der Waals surface area contributed by atoms with Crippen LogP contribution in [0.15, 0.2) is 42.5 Å². The number of nitrogens with zero attached hydrogens (tertiary/aromatic N) is 4. The van der Waals surface area contributed by atoms with Crippen LogP contribution in [-0.2, 0) is 5.54 Å². The number of methoxy groups -OCH3 is 2. The number of aryl methyl sites for hydroxylation is 1. The maximum Gasteiger partial charge on any atom is 0.181 e. The van der Waals surface area contributed by atoms with Crippen molar-refractivity contribution in [3.8, 4) is 17.2 Å². The van der Waals surface area contributed by atoms with Crippen LogP contribution in [0.1, 0.15) is 37.1 Å². The Hall–Kier alpha value is -3.09. The van der Waals surface area contributed by atoms with Crippen LogP contribution >= 0.6 is 0 Å². The van der Waals surface area contributed by atoms with E-state index in [1.807, 2.05) is 18.2 Å². The number of nitrogens with one attached hydrogen (secondary N) is 1. The molecule has 0 atom stereocenters. The molecule has 2 aromatic carbocycles. The Kier molecular flexibility index (Phi) is 4.90. The summed E-state index contributed by atoms with van der Waals surface area (Å²) in [4.78, 5) is 0. The fraction of sp³-hybridized carbons (Fsp3) is 0.381. The lowest BCUT2D eigenvalue weighted by Gasteiger charge is -2.30. The molecule has 7 heteroatoms. The van der Waals surface area contributed by atoms with Gasteiger partial charge in [0.15, 0.2) is 17.3 Å². The van der Waals surface area contributed by atoms with Crippen molar-refractivity contribution >= 4 is 5.69 Å². The summed E-state index contributed by atoms with van der Waals surface area (Å²) in [6.07, 6.45) is 4.23. The Labute approximate surface area is 164 Å². The zero-order valence-electron chi connectivity index (χ0n) is 16.5. The highest BCUT2D eigenvalue weighted by Crippen LogP contribution is 2.41. The SMILES string of the molecule is COc1ccc(-n2nnnc2C2(Nc3ccc(C)cc3)CCCC2)cc1OC. The summed E-state index contributed by atoms with van der Waals surface area (Å²) in [5, 5.41) is 16.4. The highest BCUT2D eigenvalue weighted by molar-refractivity contribution is 5.51. The molecule has 3 aromatic rings. The van der Waals surface area contributed by atoms with Gasteiger partial charge in [-0.05, 0) is 54.5 Å². The first-order chi connectivity index (χ1) is 13.6. The van der Waals surface area contributed by atoms with Gasteiger partial charge in [-0.15, -0.1) is 5.10 Å². The lowest BCUT2D eigenvalue weighted by molar-refractivity contribution is 0.354. The van der Waals surface area contributed by atoms with Gasteiger partial charge in [-0.1, -0.05) is 30.5 Å². The van der Waals surface area contributed by atoms with E-state index in [0.29, 0.717) is 11.5 Å². The van der Waals surface area contributed by atoms with Crippen LogP contribution in [-0.4, -0.2) is 34.4 Å². The maximum atomic E-state index is 5.45. The van der Waals surface area contributed by atoms with Crippen molar-refractivity contribution in [2.75, 3.05) is 19.5 Å². The molecule has 28 heavy (non-hydrogen) atoms. The Morgan fingerprint density at radius 3 is 2.36 bits per heavy atom. The second kappa shape index (κ2) is 7.50. The first-order valence-electron chi connectivity index (χ1n) is 9.51. The van der Waals surface area contributed by atoms with Crippen LogP contribution in [0.5, 0.6) is 11.5 Å². The Morgan fingerprint density at radius 2 is 1.68 bits per heavy atom. The lowest BCUT2D eigenvalue weighted by Crippen LogP contribution is -2.35. The van der Waals surface area contributed by atoms with E-state index in [4.69, 9.17) is 9.47 Å². The second-order valence-electron chi connectivity index (χ2n) is 7.23. The number of tetrazole rings is 1. The number of hydrogen-bond donors (Lipinski definition) is 1. The maximum absolute atomic E-state index is 5.45. The molecule has 7 nitrogen and oxygen atoms in total. The summed E-state index contributed by atoms with van der Waals surface area (Å²) in [7, 11) is 3.25. The molecule has 146 valence electrons. The monoisotopic (exact) mass is 379 g/mol. The topological polar surface area (TPSA) is 74.1 Å². The van der Waals surface area contributed by atoms with Crippen molar-refractivity contribution in [2.45, 2.75) is 38.1 Å². The third kappa shape index (κ3) is 3.28. The number of benzene rings is 2. The standard InChI is InChI=1S/C21H25N5O2/c1-15-6-8-16(9-7-15)22-21(12-4-5-13-21)20-23-24-25-26(20)17-10-11-18(27-2)19(14-17)28-3/h6-11,14,22H,4-5,12-13H2,1-3H3. The van der Waals surface area contributed by atoms with E-state index in [2.05, 4.69) is 52.0 Å². The van der Waals surface area contributed by atoms with Crippen LogP contribution < -0.4 is 14.8 Å². The van der Waals surface area contributed by atoms with Crippen molar-refractivity contribution in [3.05, 3.63) is 53.9 Å². The van der Waals surface area contributed by atoms with Gasteiger partial charge in [0.1, 0.15) is 0 Å². The molecule has 1 aliphatic carbocycles. The summed E-state index contributed by atoms with van der Waals surface area (Å²) >= 11 is 0. The van der Waals surface area contributed by atoms with Crippen molar-refractivity contribution < 1.29 is 9.47 Å². The normalized spacial score (nSPS) is 15.4. The van der Waals surface area contributed by atoms with Crippen LogP contribution in [0.25, 0.3) is 5.69 Å². The second-order valence-corrected chi connectivity index (χ2v) is 7.23. The van der Waals surface area contributed by atoms with Gasteiger partial charge in [0.2, 0.25) is 0 Å². The molecule has 1 heterocycles. The molecule has 1 saturated carbocycles. The van der Waals surface area contributed by atoms with E-state index in [-0.39, 0.29) is 5.54 Å². The third-order valence-electron chi connectivity index (χ3n) is 5.40. The van der Waals surface area contributed by atoms with E-state index in [1.54, 1.807) is 18.9 Å². The predicted octanol–water partition coefficient (Wildman–Crippen LogP) is 3.87. The van der Waals surface area contributed by atoms with Crippen molar-refractivity contribution in [1.29, 1.82) is 0 Å². The molecule has 0 bridgehead atoms. The van der Waals surface area contributed by atoms with E-state index in [1.165, 1.54) is 5.56 Å². The Morgan fingerprint density at radius 1 is 0.964 bits per heavy atom. The quantitative estimate of drug-likeness (QED) is 0.701. The largest absolute Gasteiger partial charge is 0.493 e. The molecule has 1 aromatic heterocycles. The van der Waals surface area contributed by atoms with Gasteiger partial charge >= 0.3 is 0 Å². The summed E-state index contributed by atoms with van der Waals surface area (Å²) < 4.78 is 12.6. The molecule has 1 fully saturated rings. The van der Waals surface area contributed by atoms with Gasteiger partial charge in [-0.25, -0.2) is 0 Å². The first-order valence-corrected chi connectivity index (χ1v) is 9.51. The average Bonchev–Trinajstić information content (AvgIpc) is 3.39. The molecule has 0 amide bonds. The van der Waals surface area contributed by atoms with Crippen LogP contribution in [0.2, 0.25) is 0 Å². The highest BCUT2D eigenvalue weighted by atomic mass is 16.5. The first kappa shape index (κ1) is 18.3. The van der Waals surface area contributed by atoms with Gasteiger partial charge < -0.3 is 14.8 Å². The fourth-order valence-corrected chi connectivity index (χ4v) is 3.91. The van der Waals surface area contributed by atoms with Gasteiger partial charge in [0, 0.05) is 11.8 Å². The van der Waals surface area contributed by atoms with E-state index < -0.39 is 0 Å². The summed E-state index contributed by atoms with van der Waals surface area (Å²) in [6, 6.07) is 14.2.